The maximum atomic E-state index is 11.0. The number of carboxylic acids is 1. The van der Waals surface area contributed by atoms with Gasteiger partial charge in [0.25, 0.3) is 0 Å². The highest BCUT2D eigenvalue weighted by molar-refractivity contribution is 5.90. The number of hydrogen-bond acceptors (Lipinski definition) is 4. The molecule has 2 N–H and O–H groups in total. The molecule has 0 amide bonds. The van der Waals surface area contributed by atoms with Gasteiger partial charge in [0, 0.05) is 25.5 Å². The second kappa shape index (κ2) is 7.30. The topological polar surface area (TPSA) is 76.4 Å². The van der Waals surface area contributed by atoms with Crippen molar-refractivity contribution in [2.24, 2.45) is 0 Å². The molecule has 2 aromatic rings. The number of nitrogens with zero attached hydrogens (tertiary/aromatic N) is 2. The van der Waals surface area contributed by atoms with Gasteiger partial charge in [-0.1, -0.05) is 12.1 Å². The van der Waals surface area contributed by atoms with Crippen LogP contribution in [0.5, 0.6) is 5.75 Å². The van der Waals surface area contributed by atoms with Gasteiger partial charge in [0.15, 0.2) is 0 Å². The highest BCUT2D eigenvalue weighted by atomic mass is 16.5. The molecule has 2 rings (SSSR count). The summed E-state index contributed by atoms with van der Waals surface area (Å²) in [7, 11) is 0. The van der Waals surface area contributed by atoms with Crippen molar-refractivity contribution in [1.82, 2.24) is 15.1 Å². The molecule has 1 aromatic carbocycles. The first kappa shape index (κ1) is 14.1. The molecule has 0 unspecified atom stereocenters. The fourth-order valence-corrected chi connectivity index (χ4v) is 1.75. The summed E-state index contributed by atoms with van der Waals surface area (Å²) in [5.41, 5.74) is 0.184. The van der Waals surface area contributed by atoms with Gasteiger partial charge in [-0.25, -0.2) is 4.79 Å². The van der Waals surface area contributed by atoms with Crippen molar-refractivity contribution in [3.63, 3.8) is 0 Å². The zero-order valence-electron chi connectivity index (χ0n) is 11.0. The molecule has 0 spiro atoms. The maximum Gasteiger partial charge on any atom is 0.339 e. The Hall–Kier alpha value is -2.34. The lowest BCUT2D eigenvalue weighted by Gasteiger charge is -2.09. The Balaban J connectivity index is 1.67. The molecule has 0 aliphatic carbocycles. The van der Waals surface area contributed by atoms with E-state index in [9.17, 15) is 4.79 Å². The molecule has 0 saturated carbocycles. The van der Waals surface area contributed by atoms with Crippen LogP contribution >= 0.6 is 0 Å². The Morgan fingerprint density at radius 3 is 2.90 bits per heavy atom. The average Bonchev–Trinajstić information content (AvgIpc) is 2.96. The standard InChI is InChI=1S/C14H17N3O3/c18-14(19)12-4-1-2-5-13(12)20-11-8-15-7-10-17-9-3-6-16-17/h1-6,9,15H,7-8,10-11H2,(H,18,19). The molecular formula is C14H17N3O3. The maximum absolute atomic E-state index is 11.0. The largest absolute Gasteiger partial charge is 0.491 e. The van der Waals surface area contributed by atoms with E-state index >= 15 is 0 Å². The van der Waals surface area contributed by atoms with Crippen LogP contribution in [-0.4, -0.2) is 40.6 Å². The number of hydrogen-bond donors (Lipinski definition) is 2. The summed E-state index contributed by atoms with van der Waals surface area (Å²) in [6.45, 7) is 2.64. The van der Waals surface area contributed by atoms with Crippen molar-refractivity contribution in [3.05, 3.63) is 48.3 Å². The summed E-state index contributed by atoms with van der Waals surface area (Å²) in [6, 6.07) is 8.51. The van der Waals surface area contributed by atoms with Crippen LogP contribution in [0.2, 0.25) is 0 Å². The quantitative estimate of drug-likeness (QED) is 0.709. The molecule has 0 aliphatic heterocycles. The van der Waals surface area contributed by atoms with Crippen LogP contribution in [0, 0.1) is 0 Å². The molecular weight excluding hydrogens is 258 g/mol. The number of para-hydroxylation sites is 1. The van der Waals surface area contributed by atoms with Gasteiger partial charge in [-0.3, -0.25) is 4.68 Å². The first-order valence-corrected chi connectivity index (χ1v) is 6.40. The third kappa shape index (κ3) is 4.10. The minimum Gasteiger partial charge on any atom is -0.491 e. The molecule has 0 fully saturated rings. The first-order valence-electron chi connectivity index (χ1n) is 6.40. The molecule has 1 heterocycles. The van der Waals surface area contributed by atoms with Crippen LogP contribution in [0.15, 0.2) is 42.7 Å². The van der Waals surface area contributed by atoms with Crippen LogP contribution in [-0.2, 0) is 6.54 Å². The van der Waals surface area contributed by atoms with Gasteiger partial charge in [-0.05, 0) is 18.2 Å². The highest BCUT2D eigenvalue weighted by Gasteiger charge is 2.09. The second-order valence-electron chi connectivity index (χ2n) is 4.17. The molecule has 0 aliphatic rings. The third-order valence-electron chi connectivity index (χ3n) is 2.73. The number of aromatic carboxylic acids is 1. The monoisotopic (exact) mass is 275 g/mol. The minimum atomic E-state index is -0.979. The molecule has 0 saturated heterocycles. The predicted octanol–water partition coefficient (Wildman–Crippen LogP) is 1.25. The summed E-state index contributed by atoms with van der Waals surface area (Å²) >= 11 is 0. The number of benzene rings is 1. The summed E-state index contributed by atoms with van der Waals surface area (Å²) in [4.78, 5) is 11.0. The number of ether oxygens (including phenoxy) is 1. The number of rotatable bonds is 8. The smallest absolute Gasteiger partial charge is 0.339 e. The molecule has 6 heteroatoms. The van der Waals surface area contributed by atoms with Crippen molar-refractivity contribution in [2.45, 2.75) is 6.54 Å². The van der Waals surface area contributed by atoms with Gasteiger partial charge < -0.3 is 15.2 Å². The second-order valence-corrected chi connectivity index (χ2v) is 4.17. The number of aromatic nitrogens is 2. The molecule has 20 heavy (non-hydrogen) atoms. The number of carboxylic acid groups (broad SMARTS) is 1. The van der Waals surface area contributed by atoms with Crippen molar-refractivity contribution in [2.75, 3.05) is 19.7 Å². The molecule has 0 atom stereocenters. The molecule has 0 bridgehead atoms. The van der Waals surface area contributed by atoms with E-state index in [4.69, 9.17) is 9.84 Å². The Morgan fingerprint density at radius 1 is 1.30 bits per heavy atom. The van der Waals surface area contributed by atoms with E-state index in [1.54, 1.807) is 24.4 Å². The third-order valence-corrected chi connectivity index (χ3v) is 2.73. The minimum absolute atomic E-state index is 0.184. The summed E-state index contributed by atoms with van der Waals surface area (Å²) < 4.78 is 7.31. The lowest BCUT2D eigenvalue weighted by Crippen LogP contribution is -2.25. The zero-order chi connectivity index (χ0) is 14.2. The van der Waals surface area contributed by atoms with E-state index < -0.39 is 5.97 Å². The van der Waals surface area contributed by atoms with E-state index in [1.807, 2.05) is 16.9 Å². The SMILES string of the molecule is O=C(O)c1ccccc1OCCNCCn1cccn1. The van der Waals surface area contributed by atoms with Crippen LogP contribution in [0.4, 0.5) is 0 Å². The lowest BCUT2D eigenvalue weighted by molar-refractivity contribution is 0.0692. The first-order chi connectivity index (χ1) is 9.77. The van der Waals surface area contributed by atoms with Crippen LogP contribution in [0.1, 0.15) is 10.4 Å². The van der Waals surface area contributed by atoms with Gasteiger partial charge in [0.1, 0.15) is 17.9 Å². The van der Waals surface area contributed by atoms with E-state index in [0.29, 0.717) is 18.9 Å². The van der Waals surface area contributed by atoms with Gasteiger partial charge >= 0.3 is 5.97 Å². The van der Waals surface area contributed by atoms with Crippen LogP contribution in [0.3, 0.4) is 0 Å². The van der Waals surface area contributed by atoms with Crippen LogP contribution in [0.25, 0.3) is 0 Å². The van der Waals surface area contributed by atoms with Gasteiger partial charge in [-0.15, -0.1) is 0 Å². The van der Waals surface area contributed by atoms with Gasteiger partial charge in [0.05, 0.1) is 6.54 Å². The highest BCUT2D eigenvalue weighted by Crippen LogP contribution is 2.17. The normalized spacial score (nSPS) is 10.4. The summed E-state index contributed by atoms with van der Waals surface area (Å²) in [5, 5.41) is 16.3. The van der Waals surface area contributed by atoms with E-state index in [0.717, 1.165) is 13.1 Å². The van der Waals surface area contributed by atoms with Gasteiger partial charge in [-0.2, -0.15) is 5.10 Å². The van der Waals surface area contributed by atoms with E-state index in [1.165, 1.54) is 6.07 Å². The molecule has 0 radical (unpaired) electrons. The average molecular weight is 275 g/mol. The van der Waals surface area contributed by atoms with E-state index in [-0.39, 0.29) is 5.56 Å². The molecule has 106 valence electrons. The van der Waals surface area contributed by atoms with Crippen molar-refractivity contribution >= 4 is 5.97 Å². The fourth-order valence-electron chi connectivity index (χ4n) is 1.75. The van der Waals surface area contributed by atoms with Crippen molar-refractivity contribution in [3.8, 4) is 5.75 Å². The number of carbonyl (C=O) groups is 1. The fraction of sp³-hybridized carbons (Fsp3) is 0.286. The zero-order valence-corrected chi connectivity index (χ0v) is 11.0. The van der Waals surface area contributed by atoms with Crippen LogP contribution < -0.4 is 10.1 Å². The number of nitrogens with one attached hydrogen (secondary N) is 1. The Morgan fingerprint density at radius 2 is 2.15 bits per heavy atom. The molecule has 6 nitrogen and oxygen atoms in total. The summed E-state index contributed by atoms with van der Waals surface area (Å²) in [5.74, 6) is -0.582. The summed E-state index contributed by atoms with van der Waals surface area (Å²) in [6.07, 6.45) is 3.65. The molecule has 1 aromatic heterocycles. The van der Waals surface area contributed by atoms with Gasteiger partial charge in [0.2, 0.25) is 0 Å². The Kier molecular flexibility index (Phi) is 5.14. The predicted molar refractivity (Wildman–Crippen MR) is 74.0 cm³/mol. The lowest BCUT2D eigenvalue weighted by atomic mass is 10.2. The Bertz CT molecular complexity index is 540. The van der Waals surface area contributed by atoms with Crippen molar-refractivity contribution in [1.29, 1.82) is 0 Å². The Labute approximate surface area is 117 Å². The van der Waals surface area contributed by atoms with Crippen molar-refractivity contribution < 1.29 is 14.6 Å². The van der Waals surface area contributed by atoms with E-state index in [2.05, 4.69) is 10.4 Å².